The second-order valence-corrected chi connectivity index (χ2v) is 6.85. The highest BCUT2D eigenvalue weighted by molar-refractivity contribution is 5.90. The molecule has 168 valence electrons. The van der Waals surface area contributed by atoms with Crippen molar-refractivity contribution >= 4 is 17.4 Å². The summed E-state index contributed by atoms with van der Waals surface area (Å²) in [6.07, 6.45) is -6.09. The van der Waals surface area contributed by atoms with Crippen molar-refractivity contribution < 1.29 is 36.6 Å². The SMILES string of the molecule is O=C(NCC(O)c1ccc(F)c(F)c1)Nc1ccc(N2CCOCC2)cc1C(F)(F)F. The van der Waals surface area contributed by atoms with Crippen LogP contribution in [0.4, 0.5) is 38.1 Å². The largest absolute Gasteiger partial charge is 0.418 e. The standard InChI is InChI=1S/C20H20F5N3O3/c21-15-3-1-12(9-16(15)22)18(29)11-26-19(30)27-17-4-2-13(10-14(17)20(23,24)25)28-5-7-31-8-6-28/h1-4,9-10,18,29H,5-8,11H2,(H2,26,27,30). The minimum absolute atomic E-state index is 0.00467. The number of carbonyl (C=O) groups is 1. The second-order valence-electron chi connectivity index (χ2n) is 6.85. The molecule has 0 radical (unpaired) electrons. The summed E-state index contributed by atoms with van der Waals surface area (Å²) in [5.41, 5.74) is -1.11. The zero-order valence-electron chi connectivity index (χ0n) is 16.2. The molecular weight excluding hydrogens is 425 g/mol. The maximum Gasteiger partial charge on any atom is 0.418 e. The molecule has 0 aromatic heterocycles. The Balaban J connectivity index is 1.67. The minimum atomic E-state index is -4.71. The van der Waals surface area contributed by atoms with E-state index in [1.807, 2.05) is 0 Å². The van der Waals surface area contributed by atoms with Gasteiger partial charge in [-0.15, -0.1) is 0 Å². The van der Waals surface area contributed by atoms with E-state index in [2.05, 4.69) is 10.6 Å². The highest BCUT2D eigenvalue weighted by atomic mass is 19.4. The zero-order chi connectivity index (χ0) is 22.6. The van der Waals surface area contributed by atoms with Crippen molar-refractivity contribution in [2.75, 3.05) is 43.1 Å². The van der Waals surface area contributed by atoms with Crippen LogP contribution in [0.3, 0.4) is 0 Å². The van der Waals surface area contributed by atoms with Crippen molar-refractivity contribution in [3.05, 3.63) is 59.2 Å². The van der Waals surface area contributed by atoms with Crippen LogP contribution in [-0.4, -0.2) is 44.0 Å². The van der Waals surface area contributed by atoms with E-state index >= 15 is 0 Å². The van der Waals surface area contributed by atoms with Crippen molar-refractivity contribution in [2.24, 2.45) is 0 Å². The summed E-state index contributed by atoms with van der Waals surface area (Å²) in [6, 6.07) is 5.30. The van der Waals surface area contributed by atoms with Gasteiger partial charge in [-0.3, -0.25) is 0 Å². The Morgan fingerprint density at radius 3 is 2.45 bits per heavy atom. The van der Waals surface area contributed by atoms with Gasteiger partial charge in [0.05, 0.1) is 30.6 Å². The maximum atomic E-state index is 13.5. The molecule has 1 aliphatic rings. The lowest BCUT2D eigenvalue weighted by atomic mass is 10.1. The molecule has 1 aliphatic heterocycles. The fraction of sp³-hybridized carbons (Fsp3) is 0.350. The van der Waals surface area contributed by atoms with E-state index < -0.39 is 47.7 Å². The summed E-state index contributed by atoms with van der Waals surface area (Å²) in [5.74, 6) is -2.27. The molecule has 0 saturated carbocycles. The predicted octanol–water partition coefficient (Wildman–Crippen LogP) is 3.68. The molecular formula is C20H20F5N3O3. The minimum Gasteiger partial charge on any atom is -0.387 e. The van der Waals surface area contributed by atoms with Crippen molar-refractivity contribution in [1.29, 1.82) is 0 Å². The Kier molecular flexibility index (Phi) is 6.96. The fourth-order valence-corrected chi connectivity index (χ4v) is 3.09. The second kappa shape index (κ2) is 9.48. The van der Waals surface area contributed by atoms with E-state index in [1.54, 1.807) is 4.90 Å². The van der Waals surface area contributed by atoms with Gasteiger partial charge < -0.3 is 25.4 Å². The third-order valence-corrected chi connectivity index (χ3v) is 4.72. The van der Waals surface area contributed by atoms with Gasteiger partial charge in [-0.1, -0.05) is 6.07 Å². The molecule has 6 nitrogen and oxygen atoms in total. The van der Waals surface area contributed by atoms with E-state index in [4.69, 9.17) is 4.74 Å². The number of morpholine rings is 1. The summed E-state index contributed by atoms with van der Waals surface area (Å²) in [5, 5.41) is 14.3. The van der Waals surface area contributed by atoms with Gasteiger partial charge in [-0.25, -0.2) is 13.6 Å². The lowest BCUT2D eigenvalue weighted by Crippen LogP contribution is -2.36. The number of ether oxygens (including phenoxy) is 1. The van der Waals surface area contributed by atoms with E-state index in [9.17, 15) is 31.9 Å². The Hall–Kier alpha value is -2.92. The van der Waals surface area contributed by atoms with Crippen molar-refractivity contribution in [3.8, 4) is 0 Å². The highest BCUT2D eigenvalue weighted by Crippen LogP contribution is 2.37. The topological polar surface area (TPSA) is 73.8 Å². The number of hydrogen-bond acceptors (Lipinski definition) is 4. The number of nitrogens with zero attached hydrogens (tertiary/aromatic N) is 1. The molecule has 1 atom stereocenters. The molecule has 0 aliphatic carbocycles. The average molecular weight is 445 g/mol. The first-order valence-corrected chi connectivity index (χ1v) is 9.37. The molecule has 0 bridgehead atoms. The summed E-state index contributed by atoms with van der Waals surface area (Å²) < 4.78 is 72.0. The van der Waals surface area contributed by atoms with Gasteiger partial charge in [0.1, 0.15) is 0 Å². The average Bonchev–Trinajstić information content (AvgIpc) is 2.74. The molecule has 3 rings (SSSR count). The number of halogens is 5. The molecule has 31 heavy (non-hydrogen) atoms. The number of anilines is 2. The molecule has 1 unspecified atom stereocenters. The number of aliphatic hydroxyl groups excluding tert-OH is 1. The summed E-state index contributed by atoms with van der Waals surface area (Å²) in [6.45, 7) is 1.29. The molecule has 2 aromatic carbocycles. The van der Waals surface area contributed by atoms with Gasteiger partial charge in [0.15, 0.2) is 11.6 Å². The molecule has 0 spiro atoms. The summed E-state index contributed by atoms with van der Waals surface area (Å²) >= 11 is 0. The van der Waals surface area contributed by atoms with Gasteiger partial charge in [0, 0.05) is 25.3 Å². The molecule has 1 fully saturated rings. The highest BCUT2D eigenvalue weighted by Gasteiger charge is 2.35. The lowest BCUT2D eigenvalue weighted by molar-refractivity contribution is -0.136. The fourth-order valence-electron chi connectivity index (χ4n) is 3.09. The number of rotatable bonds is 5. The quantitative estimate of drug-likeness (QED) is 0.614. The molecule has 2 amide bonds. The molecule has 3 N–H and O–H groups in total. The number of urea groups is 1. The number of carbonyl (C=O) groups excluding carboxylic acids is 1. The van der Waals surface area contributed by atoms with E-state index in [0.29, 0.717) is 32.0 Å². The van der Waals surface area contributed by atoms with E-state index in [1.165, 1.54) is 6.07 Å². The van der Waals surface area contributed by atoms with Gasteiger partial charge in [-0.2, -0.15) is 13.2 Å². The van der Waals surface area contributed by atoms with Gasteiger partial charge in [-0.05, 0) is 35.9 Å². The first-order valence-electron chi connectivity index (χ1n) is 9.37. The van der Waals surface area contributed by atoms with Crippen LogP contribution < -0.4 is 15.5 Å². The molecule has 2 aromatic rings. The van der Waals surface area contributed by atoms with E-state index in [-0.39, 0.29) is 5.56 Å². The number of amides is 2. The van der Waals surface area contributed by atoms with Crippen molar-refractivity contribution in [3.63, 3.8) is 0 Å². The van der Waals surface area contributed by atoms with Crippen molar-refractivity contribution in [2.45, 2.75) is 12.3 Å². The Morgan fingerprint density at radius 2 is 1.81 bits per heavy atom. The normalized spacial score (nSPS) is 15.5. The van der Waals surface area contributed by atoms with Crippen molar-refractivity contribution in [1.82, 2.24) is 5.32 Å². The van der Waals surface area contributed by atoms with Crippen LogP contribution in [0.1, 0.15) is 17.2 Å². The predicted molar refractivity (Wildman–Crippen MR) is 103 cm³/mol. The van der Waals surface area contributed by atoms with Crippen LogP contribution in [0.25, 0.3) is 0 Å². The lowest BCUT2D eigenvalue weighted by Gasteiger charge is -2.29. The van der Waals surface area contributed by atoms with Crippen LogP contribution in [0.15, 0.2) is 36.4 Å². The van der Waals surface area contributed by atoms with Crippen LogP contribution in [-0.2, 0) is 10.9 Å². The molecule has 1 heterocycles. The van der Waals surface area contributed by atoms with Gasteiger partial charge in [0.25, 0.3) is 0 Å². The number of nitrogens with one attached hydrogen (secondary N) is 2. The number of benzene rings is 2. The Morgan fingerprint density at radius 1 is 1.10 bits per heavy atom. The number of aliphatic hydroxyl groups is 1. The first kappa shape index (κ1) is 22.8. The smallest absolute Gasteiger partial charge is 0.387 e. The molecule has 11 heteroatoms. The number of hydrogen-bond donors (Lipinski definition) is 3. The van der Waals surface area contributed by atoms with Gasteiger partial charge >= 0.3 is 12.2 Å². The third kappa shape index (κ3) is 5.82. The van der Waals surface area contributed by atoms with Crippen LogP contribution in [0, 0.1) is 11.6 Å². The monoisotopic (exact) mass is 445 g/mol. The first-order chi connectivity index (χ1) is 14.6. The van der Waals surface area contributed by atoms with Crippen LogP contribution >= 0.6 is 0 Å². The summed E-state index contributed by atoms with van der Waals surface area (Å²) in [7, 11) is 0. The molecule has 1 saturated heterocycles. The Labute approximate surface area is 174 Å². The zero-order valence-corrected chi connectivity index (χ0v) is 16.2. The Bertz CT molecular complexity index is 933. The van der Waals surface area contributed by atoms with E-state index in [0.717, 1.165) is 30.3 Å². The van der Waals surface area contributed by atoms with Crippen LogP contribution in [0.2, 0.25) is 0 Å². The number of alkyl halides is 3. The summed E-state index contributed by atoms with van der Waals surface area (Å²) in [4.78, 5) is 13.8. The van der Waals surface area contributed by atoms with Gasteiger partial charge in [0.2, 0.25) is 0 Å². The van der Waals surface area contributed by atoms with Crippen LogP contribution in [0.5, 0.6) is 0 Å². The third-order valence-electron chi connectivity index (χ3n) is 4.72. The maximum absolute atomic E-state index is 13.5.